The molecule has 0 atom stereocenters. The molecule has 0 saturated carbocycles. The molecule has 2 rings (SSSR count). The molecular formula is C12H20ClN5O. The molecule has 1 aliphatic rings. The first-order valence-corrected chi connectivity index (χ1v) is 6.89. The highest BCUT2D eigenvalue weighted by atomic mass is 35.5. The smallest absolute Gasteiger partial charge is 0.231 e. The van der Waals surface area contributed by atoms with Crippen molar-refractivity contribution >= 4 is 23.5 Å². The minimum absolute atomic E-state index is 0.0950. The van der Waals surface area contributed by atoms with E-state index in [9.17, 15) is 5.11 Å². The van der Waals surface area contributed by atoms with Gasteiger partial charge in [0.1, 0.15) is 0 Å². The van der Waals surface area contributed by atoms with Gasteiger partial charge >= 0.3 is 0 Å². The summed E-state index contributed by atoms with van der Waals surface area (Å²) in [5.74, 6) is 1.09. The Morgan fingerprint density at radius 3 is 2.58 bits per heavy atom. The van der Waals surface area contributed by atoms with Crippen LogP contribution < -0.4 is 10.2 Å². The summed E-state index contributed by atoms with van der Waals surface area (Å²) in [5, 5.41) is 12.5. The van der Waals surface area contributed by atoms with Crippen molar-refractivity contribution in [3.8, 4) is 0 Å². The van der Waals surface area contributed by atoms with Crippen LogP contribution in [0.4, 0.5) is 11.9 Å². The normalized spacial score (nSPS) is 15.9. The van der Waals surface area contributed by atoms with Gasteiger partial charge in [-0.05, 0) is 24.4 Å². The van der Waals surface area contributed by atoms with Gasteiger partial charge in [-0.1, -0.05) is 13.8 Å². The molecule has 7 heteroatoms. The van der Waals surface area contributed by atoms with Crippen molar-refractivity contribution in [2.24, 2.45) is 5.41 Å². The van der Waals surface area contributed by atoms with E-state index >= 15 is 0 Å². The van der Waals surface area contributed by atoms with Crippen molar-refractivity contribution in [2.75, 3.05) is 36.5 Å². The predicted octanol–water partition coefficient (Wildman–Crippen LogP) is 1.56. The third-order valence-corrected chi connectivity index (χ3v) is 3.31. The summed E-state index contributed by atoms with van der Waals surface area (Å²) < 4.78 is 0. The summed E-state index contributed by atoms with van der Waals surface area (Å²) in [7, 11) is 0. The van der Waals surface area contributed by atoms with E-state index in [2.05, 4.69) is 25.2 Å². The number of nitrogens with one attached hydrogen (secondary N) is 1. The molecule has 0 amide bonds. The lowest BCUT2D eigenvalue weighted by molar-refractivity contribution is 0.170. The Balaban J connectivity index is 2.08. The number of aliphatic hydroxyl groups excluding tert-OH is 1. The van der Waals surface area contributed by atoms with E-state index in [-0.39, 0.29) is 17.3 Å². The molecule has 0 radical (unpaired) electrons. The van der Waals surface area contributed by atoms with Crippen LogP contribution >= 0.6 is 11.6 Å². The van der Waals surface area contributed by atoms with E-state index in [0.29, 0.717) is 18.4 Å². The highest BCUT2D eigenvalue weighted by Gasteiger charge is 2.19. The first-order valence-electron chi connectivity index (χ1n) is 6.51. The second-order valence-electron chi connectivity index (χ2n) is 5.60. The lowest BCUT2D eigenvalue weighted by atomic mass is 9.95. The maximum absolute atomic E-state index is 9.23. The molecule has 6 nitrogen and oxygen atoms in total. The second-order valence-corrected chi connectivity index (χ2v) is 5.94. The zero-order chi connectivity index (χ0) is 13.9. The molecule has 1 saturated heterocycles. The lowest BCUT2D eigenvalue weighted by Crippen LogP contribution is -2.28. The van der Waals surface area contributed by atoms with Crippen LogP contribution in [-0.2, 0) is 0 Å². The fourth-order valence-electron chi connectivity index (χ4n) is 1.85. The number of aliphatic hydroxyl groups is 1. The van der Waals surface area contributed by atoms with E-state index in [1.807, 2.05) is 13.8 Å². The average molecular weight is 286 g/mol. The molecule has 106 valence electrons. The number of hydrogen-bond acceptors (Lipinski definition) is 6. The Morgan fingerprint density at radius 2 is 1.95 bits per heavy atom. The zero-order valence-corrected chi connectivity index (χ0v) is 12.1. The van der Waals surface area contributed by atoms with E-state index in [0.717, 1.165) is 25.9 Å². The Kier molecular flexibility index (Phi) is 4.42. The van der Waals surface area contributed by atoms with Gasteiger partial charge in [-0.2, -0.15) is 15.0 Å². The molecule has 0 aromatic carbocycles. The van der Waals surface area contributed by atoms with E-state index < -0.39 is 0 Å². The molecule has 0 spiro atoms. The molecule has 19 heavy (non-hydrogen) atoms. The molecule has 2 N–H and O–H groups in total. The Morgan fingerprint density at radius 1 is 1.26 bits per heavy atom. The van der Waals surface area contributed by atoms with Gasteiger partial charge in [0, 0.05) is 31.7 Å². The number of rotatable bonds is 5. The summed E-state index contributed by atoms with van der Waals surface area (Å²) in [4.78, 5) is 14.7. The summed E-state index contributed by atoms with van der Waals surface area (Å²) in [5.41, 5.74) is -0.229. The molecule has 2 heterocycles. The zero-order valence-electron chi connectivity index (χ0n) is 11.4. The summed E-state index contributed by atoms with van der Waals surface area (Å²) >= 11 is 5.93. The highest BCUT2D eigenvalue weighted by Crippen LogP contribution is 2.20. The SMILES string of the molecule is CC(C)(CO)CNc1nc(Cl)nc(N2CCCC2)n1. The molecule has 1 aliphatic heterocycles. The van der Waals surface area contributed by atoms with Crippen LogP contribution in [0.2, 0.25) is 5.28 Å². The Bertz CT molecular complexity index is 434. The van der Waals surface area contributed by atoms with Gasteiger partial charge in [0.2, 0.25) is 17.2 Å². The largest absolute Gasteiger partial charge is 0.396 e. The summed E-state index contributed by atoms with van der Waals surface area (Å²) in [6.45, 7) is 6.51. The maximum atomic E-state index is 9.23. The summed E-state index contributed by atoms with van der Waals surface area (Å²) in [6, 6.07) is 0. The van der Waals surface area contributed by atoms with Gasteiger partial charge < -0.3 is 15.3 Å². The van der Waals surface area contributed by atoms with Gasteiger partial charge in [0.15, 0.2) is 0 Å². The minimum Gasteiger partial charge on any atom is -0.396 e. The van der Waals surface area contributed by atoms with Crippen LogP contribution in [0.5, 0.6) is 0 Å². The van der Waals surface area contributed by atoms with Crippen molar-refractivity contribution < 1.29 is 5.11 Å². The van der Waals surface area contributed by atoms with Crippen LogP contribution in [0.3, 0.4) is 0 Å². The standard InChI is InChI=1S/C12H20ClN5O/c1-12(2,8-19)7-14-10-15-9(13)16-11(17-10)18-5-3-4-6-18/h19H,3-8H2,1-2H3,(H,14,15,16,17). The molecule has 1 fully saturated rings. The Hall–Kier alpha value is -1.14. The van der Waals surface area contributed by atoms with Crippen LogP contribution in [0.1, 0.15) is 26.7 Å². The molecule has 1 aromatic heterocycles. The van der Waals surface area contributed by atoms with Crippen molar-refractivity contribution in [3.63, 3.8) is 0 Å². The van der Waals surface area contributed by atoms with Crippen molar-refractivity contribution in [2.45, 2.75) is 26.7 Å². The van der Waals surface area contributed by atoms with Crippen molar-refractivity contribution in [1.82, 2.24) is 15.0 Å². The fourth-order valence-corrected chi connectivity index (χ4v) is 2.01. The third kappa shape index (κ3) is 3.91. The van der Waals surface area contributed by atoms with Gasteiger partial charge in [-0.15, -0.1) is 0 Å². The molecule has 1 aromatic rings. The van der Waals surface area contributed by atoms with E-state index in [4.69, 9.17) is 11.6 Å². The first-order chi connectivity index (χ1) is 9.00. The highest BCUT2D eigenvalue weighted by molar-refractivity contribution is 6.28. The van der Waals surface area contributed by atoms with E-state index in [1.54, 1.807) is 0 Å². The molecule has 0 unspecified atom stereocenters. The minimum atomic E-state index is -0.229. The topological polar surface area (TPSA) is 74.2 Å². The number of anilines is 2. The van der Waals surface area contributed by atoms with Crippen molar-refractivity contribution in [3.05, 3.63) is 5.28 Å². The Labute approximate surface area is 118 Å². The van der Waals surface area contributed by atoms with Gasteiger partial charge in [-0.25, -0.2) is 0 Å². The van der Waals surface area contributed by atoms with Crippen LogP contribution in [-0.4, -0.2) is 46.3 Å². The number of hydrogen-bond donors (Lipinski definition) is 2. The molecule has 0 aliphatic carbocycles. The maximum Gasteiger partial charge on any atom is 0.231 e. The van der Waals surface area contributed by atoms with E-state index in [1.165, 1.54) is 0 Å². The van der Waals surface area contributed by atoms with Crippen LogP contribution in [0.25, 0.3) is 0 Å². The summed E-state index contributed by atoms with van der Waals surface area (Å²) in [6.07, 6.45) is 2.31. The fraction of sp³-hybridized carbons (Fsp3) is 0.750. The molecule has 0 bridgehead atoms. The second kappa shape index (κ2) is 5.88. The first kappa shape index (κ1) is 14.3. The van der Waals surface area contributed by atoms with Gasteiger partial charge in [0.05, 0.1) is 0 Å². The number of aromatic nitrogens is 3. The predicted molar refractivity (Wildman–Crippen MR) is 75.6 cm³/mol. The van der Waals surface area contributed by atoms with Gasteiger partial charge in [0.25, 0.3) is 0 Å². The average Bonchev–Trinajstić information content (AvgIpc) is 2.90. The lowest BCUT2D eigenvalue weighted by Gasteiger charge is -2.22. The van der Waals surface area contributed by atoms with Gasteiger partial charge in [-0.3, -0.25) is 0 Å². The quantitative estimate of drug-likeness (QED) is 0.855. The monoisotopic (exact) mass is 285 g/mol. The van der Waals surface area contributed by atoms with Crippen molar-refractivity contribution in [1.29, 1.82) is 0 Å². The number of halogens is 1. The number of nitrogens with zero attached hydrogens (tertiary/aromatic N) is 4. The third-order valence-electron chi connectivity index (χ3n) is 3.14. The van der Waals surface area contributed by atoms with Crippen LogP contribution in [0, 0.1) is 5.41 Å². The molecular weight excluding hydrogens is 266 g/mol. The van der Waals surface area contributed by atoms with Crippen LogP contribution in [0.15, 0.2) is 0 Å².